The van der Waals surface area contributed by atoms with Gasteiger partial charge in [0.25, 0.3) is 5.91 Å². The van der Waals surface area contributed by atoms with Crippen molar-refractivity contribution in [2.75, 3.05) is 62.2 Å². The van der Waals surface area contributed by atoms with Crippen LogP contribution in [0.4, 0.5) is 11.4 Å². The highest BCUT2D eigenvalue weighted by molar-refractivity contribution is 6.00. The molecule has 4 aliphatic rings. The van der Waals surface area contributed by atoms with Crippen LogP contribution in [0.1, 0.15) is 54.2 Å². The molecule has 3 amide bonds. The maximum atomic E-state index is 13.4. The average Bonchev–Trinajstić information content (AvgIpc) is 3.77. The summed E-state index contributed by atoms with van der Waals surface area (Å²) in [7, 11) is 1.77. The number of imide groups is 1. The van der Waals surface area contributed by atoms with Crippen LogP contribution in [0.25, 0.3) is 33.5 Å². The zero-order valence-corrected chi connectivity index (χ0v) is 31.2. The van der Waals surface area contributed by atoms with Gasteiger partial charge < -0.3 is 20.1 Å². The molecule has 3 fully saturated rings. The highest BCUT2D eigenvalue weighted by Gasteiger charge is 2.32. The molecule has 9 rings (SSSR count). The van der Waals surface area contributed by atoms with Crippen molar-refractivity contribution in [1.82, 2.24) is 34.6 Å². The van der Waals surface area contributed by atoms with E-state index in [0.717, 1.165) is 103 Å². The SMILES string of the molecule is Cn1c(=O)n(C2CCC(=O)NC2=O)c2cccc(N3CCN(CCC4CCN(c5ccc(-c6cc(-c7cc8c([nH]7)CCNC8=O)ccn6)cc5)CC4)CC3)c21. The van der Waals surface area contributed by atoms with Gasteiger partial charge in [0.15, 0.2) is 0 Å². The van der Waals surface area contributed by atoms with Crippen LogP contribution in [0.3, 0.4) is 0 Å². The number of carbonyl (C=O) groups excluding carboxylic acids is 3. The fourth-order valence-electron chi connectivity index (χ4n) is 9.01. The van der Waals surface area contributed by atoms with Crippen LogP contribution < -0.4 is 26.1 Å². The quantitative estimate of drug-likeness (QED) is 0.202. The molecule has 1 atom stereocenters. The van der Waals surface area contributed by atoms with E-state index in [-0.39, 0.29) is 23.9 Å². The van der Waals surface area contributed by atoms with Crippen molar-refractivity contribution in [1.29, 1.82) is 0 Å². The van der Waals surface area contributed by atoms with E-state index in [2.05, 4.69) is 71.7 Å². The number of pyridine rings is 1. The molecule has 5 aromatic rings. The molecule has 284 valence electrons. The first-order valence-electron chi connectivity index (χ1n) is 19.6. The van der Waals surface area contributed by atoms with E-state index in [4.69, 9.17) is 0 Å². The summed E-state index contributed by atoms with van der Waals surface area (Å²) >= 11 is 0. The second-order valence-electron chi connectivity index (χ2n) is 15.4. The van der Waals surface area contributed by atoms with Crippen LogP contribution in [0, 0.1) is 5.92 Å². The topological polar surface area (TPSA) is 141 Å². The number of aromatic amines is 1. The van der Waals surface area contributed by atoms with Gasteiger partial charge >= 0.3 is 5.69 Å². The van der Waals surface area contributed by atoms with E-state index < -0.39 is 11.9 Å². The summed E-state index contributed by atoms with van der Waals surface area (Å²) in [6, 6.07) is 20.0. The van der Waals surface area contributed by atoms with Gasteiger partial charge in [-0.1, -0.05) is 18.2 Å². The molecule has 0 saturated carbocycles. The Labute approximate surface area is 319 Å². The number of rotatable bonds is 8. The van der Waals surface area contributed by atoms with Crippen molar-refractivity contribution in [2.45, 2.75) is 44.6 Å². The van der Waals surface area contributed by atoms with Gasteiger partial charge in [0.05, 0.1) is 28.0 Å². The lowest BCUT2D eigenvalue weighted by Gasteiger charge is -2.38. The van der Waals surface area contributed by atoms with Crippen molar-refractivity contribution < 1.29 is 14.4 Å². The number of carbonyl (C=O) groups is 3. The Balaban J connectivity index is 0.769. The number of H-pyrrole nitrogens is 1. The van der Waals surface area contributed by atoms with Crippen LogP contribution in [0.5, 0.6) is 0 Å². The number of aryl methyl sites for hydroxylation is 1. The van der Waals surface area contributed by atoms with Crippen molar-refractivity contribution >= 4 is 40.1 Å². The van der Waals surface area contributed by atoms with Gasteiger partial charge in [-0.15, -0.1) is 0 Å². The molecule has 3 aromatic heterocycles. The van der Waals surface area contributed by atoms with Crippen molar-refractivity contribution in [3.8, 4) is 22.5 Å². The van der Waals surface area contributed by atoms with Gasteiger partial charge in [0.1, 0.15) is 6.04 Å². The van der Waals surface area contributed by atoms with E-state index >= 15 is 0 Å². The van der Waals surface area contributed by atoms with Gasteiger partial charge in [-0.05, 0) is 80.6 Å². The molecule has 7 heterocycles. The minimum Gasteiger partial charge on any atom is -0.372 e. The van der Waals surface area contributed by atoms with Crippen molar-refractivity contribution in [3.63, 3.8) is 0 Å². The fourth-order valence-corrected chi connectivity index (χ4v) is 9.01. The molecule has 2 aromatic carbocycles. The molecule has 13 heteroatoms. The monoisotopic (exact) mass is 741 g/mol. The summed E-state index contributed by atoms with van der Waals surface area (Å²) in [5.41, 5.74) is 9.26. The van der Waals surface area contributed by atoms with Crippen LogP contribution in [0.2, 0.25) is 0 Å². The predicted octanol–water partition coefficient (Wildman–Crippen LogP) is 4.09. The average molecular weight is 742 g/mol. The molecule has 55 heavy (non-hydrogen) atoms. The molecule has 0 spiro atoms. The molecule has 3 N–H and O–H groups in total. The fraction of sp³-hybridized carbons (Fsp3) is 0.405. The summed E-state index contributed by atoms with van der Waals surface area (Å²) < 4.78 is 3.21. The molecule has 0 aliphatic carbocycles. The summed E-state index contributed by atoms with van der Waals surface area (Å²) in [5, 5.41) is 5.32. The summed E-state index contributed by atoms with van der Waals surface area (Å²) in [4.78, 5) is 65.6. The number of aromatic nitrogens is 4. The number of imidazole rings is 1. The maximum Gasteiger partial charge on any atom is 0.329 e. The molecule has 1 unspecified atom stereocenters. The van der Waals surface area contributed by atoms with Crippen LogP contribution in [-0.2, 0) is 23.1 Å². The van der Waals surface area contributed by atoms with Crippen LogP contribution in [0.15, 0.2) is 71.7 Å². The minimum atomic E-state index is -0.685. The number of hydrogen-bond donors (Lipinski definition) is 3. The molecule has 13 nitrogen and oxygen atoms in total. The molecule has 0 radical (unpaired) electrons. The Morgan fingerprint density at radius 1 is 0.818 bits per heavy atom. The predicted molar refractivity (Wildman–Crippen MR) is 212 cm³/mol. The van der Waals surface area contributed by atoms with Crippen molar-refractivity contribution in [3.05, 3.63) is 88.6 Å². The normalized spacial score (nSPS) is 19.8. The van der Waals surface area contributed by atoms with Crippen LogP contribution in [-0.4, -0.2) is 94.1 Å². The number of piperidine rings is 2. The van der Waals surface area contributed by atoms with E-state index in [1.807, 2.05) is 30.5 Å². The lowest BCUT2D eigenvalue weighted by molar-refractivity contribution is -0.135. The number of benzene rings is 2. The molecule has 4 aliphatic heterocycles. The zero-order chi connectivity index (χ0) is 37.6. The number of amides is 3. The number of anilines is 2. The first kappa shape index (κ1) is 35.0. The highest BCUT2D eigenvalue weighted by Crippen LogP contribution is 2.32. The van der Waals surface area contributed by atoms with E-state index in [1.54, 1.807) is 16.2 Å². The molecular weight excluding hydrogens is 695 g/mol. The first-order chi connectivity index (χ1) is 26.8. The van der Waals surface area contributed by atoms with E-state index in [9.17, 15) is 19.2 Å². The number of piperazine rings is 1. The Morgan fingerprint density at radius 3 is 2.38 bits per heavy atom. The van der Waals surface area contributed by atoms with Crippen LogP contribution >= 0.6 is 0 Å². The molecular formula is C42H47N9O4. The van der Waals surface area contributed by atoms with E-state index in [1.165, 1.54) is 24.9 Å². The van der Waals surface area contributed by atoms with Crippen molar-refractivity contribution in [2.24, 2.45) is 13.0 Å². The zero-order valence-electron chi connectivity index (χ0n) is 31.2. The summed E-state index contributed by atoms with van der Waals surface area (Å²) in [6.45, 7) is 7.53. The largest absolute Gasteiger partial charge is 0.372 e. The van der Waals surface area contributed by atoms with E-state index in [0.29, 0.717) is 18.9 Å². The lowest BCUT2D eigenvalue weighted by atomic mass is 9.93. The highest BCUT2D eigenvalue weighted by atomic mass is 16.2. The Bertz CT molecular complexity index is 2320. The minimum absolute atomic E-state index is 0.0163. The molecule has 0 bridgehead atoms. The Morgan fingerprint density at radius 2 is 1.62 bits per heavy atom. The summed E-state index contributed by atoms with van der Waals surface area (Å²) in [6.07, 6.45) is 6.77. The van der Waals surface area contributed by atoms with Gasteiger partial charge in [-0.3, -0.25) is 38.7 Å². The number of para-hydroxylation sites is 1. The second-order valence-corrected chi connectivity index (χ2v) is 15.4. The number of fused-ring (bicyclic) bond motifs is 2. The Kier molecular flexibility index (Phi) is 9.25. The third kappa shape index (κ3) is 6.70. The second kappa shape index (κ2) is 14.5. The molecule has 3 saturated heterocycles. The van der Waals surface area contributed by atoms with Gasteiger partial charge in [-0.25, -0.2) is 4.79 Å². The summed E-state index contributed by atoms with van der Waals surface area (Å²) in [5.74, 6) is -0.00658. The number of nitrogens with one attached hydrogen (secondary N) is 3. The Hall–Kier alpha value is -5.69. The van der Waals surface area contributed by atoms with Gasteiger partial charge in [0, 0.05) is 100 Å². The lowest BCUT2D eigenvalue weighted by Crippen LogP contribution is -2.47. The first-order valence-corrected chi connectivity index (χ1v) is 19.6. The standard InChI is InChI=1S/C42H47N9O4/c1-47-39-35(3-2-4-36(39)51(42(47)55)37-9-10-38(52)46-41(37)54)50-23-21-48(22-24-50)18-13-27-14-19-49(20-15-27)30-7-5-28(6-8-30)33-25-29(11-16-43-33)34-26-31-32(45-34)12-17-44-40(31)53/h2-8,11,16,25-27,37,45H,9-10,12-15,17-24H2,1H3,(H,44,53)(H,46,52,54). The third-order valence-corrected chi connectivity index (χ3v) is 12.2. The number of hydrogen-bond acceptors (Lipinski definition) is 8. The number of nitrogens with zero attached hydrogens (tertiary/aromatic N) is 6. The third-order valence-electron chi connectivity index (χ3n) is 12.2. The van der Waals surface area contributed by atoms with Gasteiger partial charge in [-0.2, -0.15) is 0 Å². The maximum absolute atomic E-state index is 13.4. The smallest absolute Gasteiger partial charge is 0.329 e. The van der Waals surface area contributed by atoms with Gasteiger partial charge in [0.2, 0.25) is 11.8 Å².